The first-order valence-electron chi connectivity index (χ1n) is 5.93. The van der Waals surface area contributed by atoms with Gasteiger partial charge in [0.1, 0.15) is 17.1 Å². The number of anilines is 1. The summed E-state index contributed by atoms with van der Waals surface area (Å²) in [6.45, 7) is 0.453. The summed E-state index contributed by atoms with van der Waals surface area (Å²) in [4.78, 5) is 14.3. The van der Waals surface area contributed by atoms with E-state index in [-0.39, 0.29) is 11.4 Å². The van der Waals surface area contributed by atoms with Crippen molar-refractivity contribution in [3.05, 3.63) is 23.4 Å². The maximum absolute atomic E-state index is 12.5. The van der Waals surface area contributed by atoms with Gasteiger partial charge in [-0.15, -0.1) is 0 Å². The van der Waals surface area contributed by atoms with Gasteiger partial charge >= 0.3 is 12.1 Å². The van der Waals surface area contributed by atoms with Gasteiger partial charge in [0.2, 0.25) is 0 Å². The zero-order valence-electron chi connectivity index (χ0n) is 10.00. The second kappa shape index (κ2) is 5.07. The Bertz CT molecular complexity index is 484. The van der Waals surface area contributed by atoms with Crippen LogP contribution >= 0.6 is 0 Å². The van der Waals surface area contributed by atoms with Crippen molar-refractivity contribution in [1.82, 2.24) is 4.98 Å². The summed E-state index contributed by atoms with van der Waals surface area (Å²) in [5.41, 5.74) is -1.33. The van der Waals surface area contributed by atoms with Crippen LogP contribution in [-0.2, 0) is 6.18 Å². The van der Waals surface area contributed by atoms with Gasteiger partial charge in [-0.3, -0.25) is 0 Å². The molecule has 0 saturated heterocycles. The van der Waals surface area contributed by atoms with E-state index in [0.29, 0.717) is 18.5 Å². The van der Waals surface area contributed by atoms with Crippen molar-refractivity contribution >= 4 is 11.8 Å². The number of pyridine rings is 1. The van der Waals surface area contributed by atoms with Crippen molar-refractivity contribution in [2.45, 2.75) is 25.4 Å². The number of nitrogens with one attached hydrogen (secondary N) is 1. The maximum atomic E-state index is 12.5. The van der Waals surface area contributed by atoms with Crippen LogP contribution in [0.4, 0.5) is 19.0 Å². The third kappa shape index (κ3) is 3.15. The van der Waals surface area contributed by atoms with Crippen LogP contribution in [0, 0.1) is 5.92 Å². The Labute approximate surface area is 107 Å². The van der Waals surface area contributed by atoms with Crippen LogP contribution < -0.4 is 5.32 Å². The summed E-state index contributed by atoms with van der Waals surface area (Å²) >= 11 is 0. The van der Waals surface area contributed by atoms with Crippen molar-refractivity contribution in [3.63, 3.8) is 0 Å². The highest BCUT2D eigenvalue weighted by Gasteiger charge is 2.33. The molecule has 1 fully saturated rings. The minimum absolute atomic E-state index is 0.214. The van der Waals surface area contributed by atoms with Gasteiger partial charge in [-0.1, -0.05) is 6.42 Å². The van der Waals surface area contributed by atoms with Gasteiger partial charge in [0, 0.05) is 6.54 Å². The molecule has 0 spiro atoms. The highest BCUT2D eigenvalue weighted by atomic mass is 19.4. The standard InChI is InChI=1S/C12H13F3N2O2/c13-12(14,15)9-5-4-8(11(18)19)10(17-9)16-6-7-2-1-3-7/h4-5,7H,1-3,6H2,(H,16,17)(H,18,19). The average Bonchev–Trinajstić information content (AvgIpc) is 2.25. The van der Waals surface area contributed by atoms with Crippen molar-refractivity contribution in [3.8, 4) is 0 Å². The third-order valence-corrected chi connectivity index (χ3v) is 3.20. The normalized spacial score (nSPS) is 15.9. The molecule has 1 aromatic rings. The van der Waals surface area contributed by atoms with Gasteiger partial charge in [0.15, 0.2) is 0 Å². The van der Waals surface area contributed by atoms with E-state index < -0.39 is 17.8 Å². The molecule has 0 atom stereocenters. The van der Waals surface area contributed by atoms with E-state index in [1.165, 1.54) is 0 Å². The predicted molar refractivity (Wildman–Crippen MR) is 62.0 cm³/mol. The molecule has 0 aliphatic heterocycles. The maximum Gasteiger partial charge on any atom is 0.433 e. The molecule has 0 aromatic carbocycles. The molecule has 0 radical (unpaired) electrons. The van der Waals surface area contributed by atoms with E-state index in [1.54, 1.807) is 0 Å². The van der Waals surface area contributed by atoms with Crippen LogP contribution in [0.15, 0.2) is 12.1 Å². The molecule has 1 aromatic heterocycles. The predicted octanol–water partition coefficient (Wildman–Crippen LogP) is 3.01. The highest BCUT2D eigenvalue weighted by molar-refractivity contribution is 5.93. The molecule has 1 saturated carbocycles. The number of aromatic carboxylic acids is 1. The minimum atomic E-state index is -4.58. The quantitative estimate of drug-likeness (QED) is 0.886. The Kier molecular flexibility index (Phi) is 3.64. The van der Waals surface area contributed by atoms with E-state index in [1.807, 2.05) is 0 Å². The zero-order chi connectivity index (χ0) is 14.0. The lowest BCUT2D eigenvalue weighted by atomic mass is 9.85. The van der Waals surface area contributed by atoms with Gasteiger partial charge in [-0.25, -0.2) is 9.78 Å². The topological polar surface area (TPSA) is 62.2 Å². The molecule has 19 heavy (non-hydrogen) atoms. The van der Waals surface area contributed by atoms with E-state index in [9.17, 15) is 18.0 Å². The first-order chi connectivity index (χ1) is 8.88. The average molecular weight is 274 g/mol. The lowest BCUT2D eigenvalue weighted by molar-refractivity contribution is -0.141. The first-order valence-corrected chi connectivity index (χ1v) is 5.93. The van der Waals surface area contributed by atoms with Crippen LogP contribution in [0.25, 0.3) is 0 Å². The van der Waals surface area contributed by atoms with Crippen molar-refractivity contribution in [2.24, 2.45) is 5.92 Å². The minimum Gasteiger partial charge on any atom is -0.478 e. The molecule has 0 unspecified atom stereocenters. The molecule has 104 valence electrons. The summed E-state index contributed by atoms with van der Waals surface area (Å²) in [5.74, 6) is -1.12. The largest absolute Gasteiger partial charge is 0.478 e. The van der Waals surface area contributed by atoms with Crippen LogP contribution in [0.2, 0.25) is 0 Å². The Morgan fingerprint density at radius 1 is 1.42 bits per heavy atom. The fourth-order valence-electron chi connectivity index (χ4n) is 1.86. The van der Waals surface area contributed by atoms with Crippen molar-refractivity contribution in [1.29, 1.82) is 0 Å². The second-order valence-corrected chi connectivity index (χ2v) is 4.57. The number of carbonyl (C=O) groups is 1. The fraction of sp³-hybridized carbons (Fsp3) is 0.500. The van der Waals surface area contributed by atoms with Crippen molar-refractivity contribution < 1.29 is 23.1 Å². The molecule has 1 aliphatic carbocycles. The lowest BCUT2D eigenvalue weighted by Gasteiger charge is -2.26. The Balaban J connectivity index is 2.22. The lowest BCUT2D eigenvalue weighted by Crippen LogP contribution is -2.23. The van der Waals surface area contributed by atoms with E-state index in [2.05, 4.69) is 10.3 Å². The number of aromatic nitrogens is 1. The van der Waals surface area contributed by atoms with Gasteiger partial charge in [-0.05, 0) is 30.9 Å². The number of hydrogen-bond acceptors (Lipinski definition) is 3. The summed E-state index contributed by atoms with van der Waals surface area (Å²) in [7, 11) is 0. The van der Waals surface area contributed by atoms with Gasteiger partial charge < -0.3 is 10.4 Å². The Morgan fingerprint density at radius 2 is 2.11 bits per heavy atom. The third-order valence-electron chi connectivity index (χ3n) is 3.20. The molecule has 0 bridgehead atoms. The van der Waals surface area contributed by atoms with E-state index in [0.717, 1.165) is 25.3 Å². The molecule has 1 aliphatic rings. The number of hydrogen-bond donors (Lipinski definition) is 2. The number of carboxylic acid groups (broad SMARTS) is 1. The monoisotopic (exact) mass is 274 g/mol. The fourth-order valence-corrected chi connectivity index (χ4v) is 1.86. The van der Waals surface area contributed by atoms with Gasteiger partial charge in [-0.2, -0.15) is 13.2 Å². The molecular weight excluding hydrogens is 261 g/mol. The molecule has 2 rings (SSSR count). The van der Waals surface area contributed by atoms with E-state index >= 15 is 0 Å². The zero-order valence-corrected chi connectivity index (χ0v) is 10.00. The number of halogens is 3. The smallest absolute Gasteiger partial charge is 0.433 e. The molecule has 7 heteroatoms. The molecule has 1 heterocycles. The van der Waals surface area contributed by atoms with Gasteiger partial charge in [0.05, 0.1) is 0 Å². The SMILES string of the molecule is O=C(O)c1ccc(C(F)(F)F)nc1NCC1CCC1. The van der Waals surface area contributed by atoms with Crippen molar-refractivity contribution in [2.75, 3.05) is 11.9 Å². The first kappa shape index (κ1) is 13.6. The Morgan fingerprint density at radius 3 is 2.58 bits per heavy atom. The summed E-state index contributed by atoms with van der Waals surface area (Å²) in [6, 6.07) is 1.61. The summed E-state index contributed by atoms with van der Waals surface area (Å²) in [5, 5.41) is 11.7. The number of alkyl halides is 3. The Hall–Kier alpha value is -1.79. The summed E-state index contributed by atoms with van der Waals surface area (Å²) < 4.78 is 37.6. The second-order valence-electron chi connectivity index (χ2n) is 4.57. The van der Waals surface area contributed by atoms with E-state index in [4.69, 9.17) is 5.11 Å². The van der Waals surface area contributed by atoms with Gasteiger partial charge in [0.25, 0.3) is 0 Å². The summed E-state index contributed by atoms with van der Waals surface area (Å²) in [6.07, 6.45) is -1.46. The molecule has 4 nitrogen and oxygen atoms in total. The van der Waals surface area contributed by atoms with Crippen LogP contribution in [0.3, 0.4) is 0 Å². The van der Waals surface area contributed by atoms with Crippen LogP contribution in [-0.4, -0.2) is 22.6 Å². The highest BCUT2D eigenvalue weighted by Crippen LogP contribution is 2.30. The van der Waals surface area contributed by atoms with Crippen LogP contribution in [0.1, 0.15) is 35.3 Å². The van der Waals surface area contributed by atoms with Crippen LogP contribution in [0.5, 0.6) is 0 Å². The molecule has 2 N–H and O–H groups in total. The molecule has 0 amide bonds. The number of rotatable bonds is 4. The molecular formula is C12H13F3N2O2. The number of carboxylic acids is 1. The number of nitrogens with zero attached hydrogens (tertiary/aromatic N) is 1.